The van der Waals surface area contributed by atoms with Crippen LogP contribution in [0, 0.1) is 0 Å². The lowest BCUT2D eigenvalue weighted by Crippen LogP contribution is -2.54. The van der Waals surface area contributed by atoms with E-state index in [2.05, 4.69) is 15.5 Å². The second-order valence-electron chi connectivity index (χ2n) is 5.00. The van der Waals surface area contributed by atoms with Crippen LogP contribution in [0.3, 0.4) is 0 Å². The summed E-state index contributed by atoms with van der Waals surface area (Å²) >= 11 is 5.61. The summed E-state index contributed by atoms with van der Waals surface area (Å²) in [6.45, 7) is 0. The van der Waals surface area contributed by atoms with Crippen LogP contribution in [0.25, 0.3) is 0 Å². The first-order chi connectivity index (χ1) is 9.53. The molecule has 0 atom stereocenters. The van der Waals surface area contributed by atoms with E-state index in [9.17, 15) is 14.7 Å². The van der Waals surface area contributed by atoms with E-state index in [1.54, 1.807) is 0 Å². The van der Waals surface area contributed by atoms with Crippen LogP contribution in [0.15, 0.2) is 12.1 Å². The van der Waals surface area contributed by atoms with Crippen molar-refractivity contribution in [2.45, 2.75) is 44.1 Å². The molecular formula is C13H16ClN3O3. The third-order valence-electron chi connectivity index (χ3n) is 3.58. The highest BCUT2D eigenvalue weighted by Gasteiger charge is 2.40. The lowest BCUT2D eigenvalue weighted by molar-refractivity contribution is -0.145. The summed E-state index contributed by atoms with van der Waals surface area (Å²) in [5.41, 5.74) is -1.13. The van der Waals surface area contributed by atoms with Crippen molar-refractivity contribution in [3.63, 3.8) is 0 Å². The highest BCUT2D eigenvalue weighted by Crippen LogP contribution is 2.27. The average Bonchev–Trinajstić information content (AvgIpc) is 2.66. The number of aromatic nitrogens is 2. The number of halogens is 1. The van der Waals surface area contributed by atoms with Crippen LogP contribution in [-0.2, 0) is 4.79 Å². The molecule has 1 aliphatic carbocycles. The van der Waals surface area contributed by atoms with Crippen LogP contribution >= 0.6 is 11.6 Å². The standard InChI is InChI=1S/C13H16ClN3O3/c14-10-6-5-9(16-17-10)11(18)15-13(12(19)20)7-3-1-2-4-8-13/h5-6H,1-4,7-8H2,(H,15,18)(H,19,20). The quantitative estimate of drug-likeness (QED) is 0.833. The predicted octanol–water partition coefficient (Wildman–Crippen LogP) is 2.04. The second kappa shape index (κ2) is 6.17. The summed E-state index contributed by atoms with van der Waals surface area (Å²) in [5.74, 6) is -1.52. The maximum atomic E-state index is 12.1. The normalized spacial score (nSPS) is 18.1. The Bertz CT molecular complexity index is 496. The Labute approximate surface area is 121 Å². The molecule has 6 nitrogen and oxygen atoms in total. The molecule has 1 aromatic rings. The summed E-state index contributed by atoms with van der Waals surface area (Å²) in [6, 6.07) is 2.88. The molecule has 0 saturated heterocycles. The first-order valence-corrected chi connectivity index (χ1v) is 6.96. The van der Waals surface area contributed by atoms with Crippen molar-refractivity contribution >= 4 is 23.5 Å². The monoisotopic (exact) mass is 297 g/mol. The largest absolute Gasteiger partial charge is 0.480 e. The van der Waals surface area contributed by atoms with Crippen LogP contribution in [0.2, 0.25) is 5.15 Å². The van der Waals surface area contributed by atoms with Crippen LogP contribution in [0.1, 0.15) is 49.0 Å². The third kappa shape index (κ3) is 3.25. The summed E-state index contributed by atoms with van der Waals surface area (Å²) in [6.07, 6.45) is 4.44. The molecule has 1 heterocycles. The van der Waals surface area contributed by atoms with Crippen LogP contribution < -0.4 is 5.32 Å². The third-order valence-corrected chi connectivity index (χ3v) is 3.79. The second-order valence-corrected chi connectivity index (χ2v) is 5.38. The molecular weight excluding hydrogens is 282 g/mol. The van der Waals surface area contributed by atoms with Crippen molar-refractivity contribution in [1.29, 1.82) is 0 Å². The number of amides is 1. The summed E-state index contributed by atoms with van der Waals surface area (Å²) in [4.78, 5) is 23.7. The Morgan fingerprint density at radius 2 is 1.80 bits per heavy atom. The first-order valence-electron chi connectivity index (χ1n) is 6.59. The summed E-state index contributed by atoms with van der Waals surface area (Å²) in [5, 5.41) is 19.5. The highest BCUT2D eigenvalue weighted by molar-refractivity contribution is 6.29. The predicted molar refractivity (Wildman–Crippen MR) is 72.6 cm³/mol. The minimum absolute atomic E-state index is 0.0688. The van der Waals surface area contributed by atoms with Gasteiger partial charge in [-0.25, -0.2) is 4.79 Å². The number of hydrogen-bond acceptors (Lipinski definition) is 4. The molecule has 2 rings (SSSR count). The molecule has 7 heteroatoms. The topological polar surface area (TPSA) is 92.2 Å². The Morgan fingerprint density at radius 3 is 2.30 bits per heavy atom. The molecule has 1 aromatic heterocycles. The summed E-state index contributed by atoms with van der Waals surface area (Å²) in [7, 11) is 0. The zero-order valence-corrected chi connectivity index (χ0v) is 11.7. The van der Waals surface area contributed by atoms with E-state index in [-0.39, 0.29) is 10.8 Å². The van der Waals surface area contributed by atoms with Gasteiger partial charge in [-0.3, -0.25) is 4.79 Å². The molecule has 1 amide bonds. The molecule has 1 saturated carbocycles. The van der Waals surface area contributed by atoms with Crippen molar-refractivity contribution in [3.8, 4) is 0 Å². The number of aliphatic carboxylic acids is 1. The smallest absolute Gasteiger partial charge is 0.329 e. The van der Waals surface area contributed by atoms with Crippen molar-refractivity contribution in [2.75, 3.05) is 0 Å². The SMILES string of the molecule is O=C(NC1(C(=O)O)CCCCCC1)c1ccc(Cl)nn1. The number of carbonyl (C=O) groups is 2. The molecule has 0 radical (unpaired) electrons. The molecule has 1 aliphatic rings. The fourth-order valence-corrected chi connectivity index (χ4v) is 2.54. The van der Waals surface area contributed by atoms with Gasteiger partial charge in [0.05, 0.1) is 0 Å². The maximum absolute atomic E-state index is 12.1. The molecule has 0 aromatic carbocycles. The number of nitrogens with one attached hydrogen (secondary N) is 1. The van der Waals surface area contributed by atoms with E-state index in [4.69, 9.17) is 11.6 Å². The molecule has 1 fully saturated rings. The number of carboxylic acids is 1. The zero-order valence-electron chi connectivity index (χ0n) is 10.9. The van der Waals surface area contributed by atoms with E-state index in [1.165, 1.54) is 12.1 Å². The molecule has 108 valence electrons. The highest BCUT2D eigenvalue weighted by atomic mass is 35.5. The van der Waals surface area contributed by atoms with Crippen molar-refractivity contribution in [2.24, 2.45) is 0 Å². The fourth-order valence-electron chi connectivity index (χ4n) is 2.44. The van der Waals surface area contributed by atoms with Gasteiger partial charge in [0.25, 0.3) is 5.91 Å². The lowest BCUT2D eigenvalue weighted by atomic mass is 9.90. The van der Waals surface area contributed by atoms with E-state index in [0.717, 1.165) is 25.7 Å². The molecule has 2 N–H and O–H groups in total. The fraction of sp³-hybridized carbons (Fsp3) is 0.538. The van der Waals surface area contributed by atoms with Crippen LogP contribution in [0.5, 0.6) is 0 Å². The number of nitrogens with zero attached hydrogens (tertiary/aromatic N) is 2. The average molecular weight is 298 g/mol. The molecule has 0 bridgehead atoms. The van der Waals surface area contributed by atoms with Gasteiger partial charge in [0.1, 0.15) is 5.54 Å². The number of rotatable bonds is 3. The van der Waals surface area contributed by atoms with E-state index in [0.29, 0.717) is 12.8 Å². The van der Waals surface area contributed by atoms with Gasteiger partial charge in [-0.15, -0.1) is 10.2 Å². The minimum atomic E-state index is -1.20. The van der Waals surface area contributed by atoms with Gasteiger partial charge in [-0.2, -0.15) is 0 Å². The van der Waals surface area contributed by atoms with Crippen molar-refractivity contribution in [1.82, 2.24) is 15.5 Å². The molecule has 0 unspecified atom stereocenters. The van der Waals surface area contributed by atoms with Gasteiger partial charge >= 0.3 is 5.97 Å². The maximum Gasteiger partial charge on any atom is 0.329 e. The van der Waals surface area contributed by atoms with Crippen LogP contribution in [-0.4, -0.2) is 32.7 Å². The minimum Gasteiger partial charge on any atom is -0.480 e. The van der Waals surface area contributed by atoms with E-state index in [1.807, 2.05) is 0 Å². The van der Waals surface area contributed by atoms with Gasteiger partial charge < -0.3 is 10.4 Å². The van der Waals surface area contributed by atoms with Gasteiger partial charge in [0.15, 0.2) is 10.8 Å². The summed E-state index contributed by atoms with van der Waals surface area (Å²) < 4.78 is 0. The number of carboxylic acid groups (broad SMARTS) is 1. The number of carbonyl (C=O) groups excluding carboxylic acids is 1. The Morgan fingerprint density at radius 1 is 1.15 bits per heavy atom. The number of hydrogen-bond donors (Lipinski definition) is 2. The molecule has 20 heavy (non-hydrogen) atoms. The lowest BCUT2D eigenvalue weighted by Gasteiger charge is -2.29. The molecule has 0 spiro atoms. The Kier molecular flexibility index (Phi) is 4.54. The van der Waals surface area contributed by atoms with Gasteiger partial charge in [-0.05, 0) is 25.0 Å². The Balaban J connectivity index is 2.17. The van der Waals surface area contributed by atoms with E-state index < -0.39 is 17.4 Å². The molecule has 0 aliphatic heterocycles. The van der Waals surface area contributed by atoms with Gasteiger partial charge in [0, 0.05) is 0 Å². The Hall–Kier alpha value is -1.69. The van der Waals surface area contributed by atoms with Gasteiger partial charge in [0.2, 0.25) is 0 Å². The van der Waals surface area contributed by atoms with E-state index >= 15 is 0 Å². The van der Waals surface area contributed by atoms with Crippen LogP contribution in [0.4, 0.5) is 0 Å². The first kappa shape index (κ1) is 14.7. The van der Waals surface area contributed by atoms with Crippen molar-refractivity contribution < 1.29 is 14.7 Å². The van der Waals surface area contributed by atoms with Crippen molar-refractivity contribution in [3.05, 3.63) is 23.0 Å². The zero-order chi connectivity index (χ0) is 14.6. The van der Waals surface area contributed by atoms with Gasteiger partial charge in [-0.1, -0.05) is 37.3 Å².